The first-order valence-corrected chi connectivity index (χ1v) is 9.42. The molecule has 0 radical (unpaired) electrons. The Hall–Kier alpha value is -2.06. The lowest BCUT2D eigenvalue weighted by Crippen LogP contribution is -2.49. The van der Waals surface area contributed by atoms with Crippen LogP contribution in [-0.2, 0) is 10.0 Å². The number of hydrogen-bond donors (Lipinski definition) is 0. The van der Waals surface area contributed by atoms with E-state index in [1.165, 1.54) is 10.6 Å². The summed E-state index contributed by atoms with van der Waals surface area (Å²) in [5.74, 6) is -0.180. The second-order valence-electron chi connectivity index (χ2n) is 5.51. The van der Waals surface area contributed by atoms with Crippen LogP contribution in [0.25, 0.3) is 11.3 Å². The molecule has 0 bridgehead atoms. The zero-order valence-corrected chi connectivity index (χ0v) is 14.2. The van der Waals surface area contributed by atoms with Gasteiger partial charge in [-0.05, 0) is 6.92 Å². The number of nitrogens with zero attached hydrogens (tertiary/aromatic N) is 4. The summed E-state index contributed by atoms with van der Waals surface area (Å²) in [5.41, 5.74) is 0.940. The van der Waals surface area contributed by atoms with Gasteiger partial charge in [0.25, 0.3) is 0 Å². The number of sulfonamides is 1. The third-order valence-electron chi connectivity index (χ3n) is 4.11. The Bertz CT molecular complexity index is 806. The maximum atomic E-state index is 14.8. The van der Waals surface area contributed by atoms with Gasteiger partial charge in [0.15, 0.2) is 11.6 Å². The fourth-order valence-electron chi connectivity index (χ4n) is 2.74. The predicted octanol–water partition coefficient (Wildman–Crippen LogP) is 1.75. The van der Waals surface area contributed by atoms with Gasteiger partial charge < -0.3 is 4.90 Å². The van der Waals surface area contributed by atoms with Crippen molar-refractivity contribution in [2.45, 2.75) is 6.92 Å². The van der Waals surface area contributed by atoms with Crippen molar-refractivity contribution in [1.82, 2.24) is 14.3 Å². The van der Waals surface area contributed by atoms with Gasteiger partial charge in [-0.1, -0.05) is 30.3 Å². The Balaban J connectivity index is 1.82. The van der Waals surface area contributed by atoms with Crippen molar-refractivity contribution in [2.24, 2.45) is 0 Å². The minimum absolute atomic E-state index is 0.0764. The molecule has 0 spiro atoms. The predicted molar refractivity (Wildman–Crippen MR) is 90.7 cm³/mol. The topological polar surface area (TPSA) is 66.4 Å². The quantitative estimate of drug-likeness (QED) is 0.840. The van der Waals surface area contributed by atoms with Crippen molar-refractivity contribution in [3.8, 4) is 11.3 Å². The van der Waals surface area contributed by atoms with E-state index in [-0.39, 0.29) is 17.3 Å². The van der Waals surface area contributed by atoms with Crippen LogP contribution >= 0.6 is 0 Å². The monoisotopic (exact) mass is 350 g/mol. The lowest BCUT2D eigenvalue weighted by atomic mass is 10.1. The zero-order valence-electron chi connectivity index (χ0n) is 13.4. The summed E-state index contributed by atoms with van der Waals surface area (Å²) >= 11 is 0. The van der Waals surface area contributed by atoms with E-state index in [1.54, 1.807) is 24.0 Å². The van der Waals surface area contributed by atoms with Gasteiger partial charge in [0.1, 0.15) is 12.0 Å². The Morgan fingerprint density at radius 3 is 2.38 bits per heavy atom. The summed E-state index contributed by atoms with van der Waals surface area (Å²) in [6.07, 6.45) is 1.34. The maximum Gasteiger partial charge on any atom is 0.213 e. The fourth-order valence-corrected chi connectivity index (χ4v) is 3.82. The highest BCUT2D eigenvalue weighted by atomic mass is 32.2. The van der Waals surface area contributed by atoms with E-state index in [0.29, 0.717) is 31.7 Å². The van der Waals surface area contributed by atoms with Crippen LogP contribution in [0, 0.1) is 5.82 Å². The molecule has 6 nitrogen and oxygen atoms in total. The summed E-state index contributed by atoms with van der Waals surface area (Å²) < 4.78 is 40.1. The molecule has 128 valence electrons. The first-order valence-electron chi connectivity index (χ1n) is 7.81. The molecule has 0 aliphatic carbocycles. The molecule has 1 aliphatic heterocycles. The van der Waals surface area contributed by atoms with E-state index in [0.717, 1.165) is 0 Å². The van der Waals surface area contributed by atoms with E-state index >= 15 is 0 Å². The molecule has 0 saturated carbocycles. The molecule has 1 aliphatic rings. The first kappa shape index (κ1) is 16.8. The molecule has 0 atom stereocenters. The van der Waals surface area contributed by atoms with E-state index in [1.807, 2.05) is 18.2 Å². The highest BCUT2D eigenvalue weighted by Gasteiger charge is 2.28. The van der Waals surface area contributed by atoms with Gasteiger partial charge in [-0.3, -0.25) is 0 Å². The van der Waals surface area contributed by atoms with Gasteiger partial charge in [-0.25, -0.2) is 22.8 Å². The van der Waals surface area contributed by atoms with E-state index in [4.69, 9.17) is 0 Å². The SMILES string of the molecule is CCS(=O)(=O)N1CCN(c2ncnc(-c3ccccc3)c2F)CC1. The normalized spacial score (nSPS) is 16.3. The summed E-state index contributed by atoms with van der Waals surface area (Å²) in [6.45, 7) is 3.10. The summed E-state index contributed by atoms with van der Waals surface area (Å²) in [5, 5.41) is 0. The number of anilines is 1. The molecular weight excluding hydrogens is 331 g/mol. The number of benzene rings is 1. The number of piperazine rings is 1. The molecule has 8 heteroatoms. The fraction of sp³-hybridized carbons (Fsp3) is 0.375. The largest absolute Gasteiger partial charge is 0.351 e. The molecule has 1 fully saturated rings. The average Bonchev–Trinajstić information content (AvgIpc) is 2.63. The number of hydrogen-bond acceptors (Lipinski definition) is 5. The summed E-state index contributed by atoms with van der Waals surface area (Å²) in [6, 6.07) is 9.09. The van der Waals surface area contributed by atoms with Gasteiger partial charge >= 0.3 is 0 Å². The van der Waals surface area contributed by atoms with E-state index < -0.39 is 15.8 Å². The summed E-state index contributed by atoms with van der Waals surface area (Å²) in [4.78, 5) is 9.89. The molecule has 0 amide bonds. The summed E-state index contributed by atoms with van der Waals surface area (Å²) in [7, 11) is -3.21. The lowest BCUT2D eigenvalue weighted by Gasteiger charge is -2.34. The molecule has 0 N–H and O–H groups in total. The van der Waals surface area contributed by atoms with Gasteiger partial charge in [0.2, 0.25) is 10.0 Å². The Labute approximate surface area is 141 Å². The van der Waals surface area contributed by atoms with Crippen LogP contribution in [0.15, 0.2) is 36.7 Å². The number of aromatic nitrogens is 2. The smallest absolute Gasteiger partial charge is 0.213 e. The second kappa shape index (κ2) is 6.82. The van der Waals surface area contributed by atoms with Crippen molar-refractivity contribution >= 4 is 15.8 Å². The van der Waals surface area contributed by atoms with E-state index in [2.05, 4.69) is 9.97 Å². The molecule has 1 aromatic heterocycles. The number of rotatable bonds is 4. The van der Waals surface area contributed by atoms with Crippen LogP contribution in [0.1, 0.15) is 6.92 Å². The Morgan fingerprint density at radius 2 is 1.75 bits per heavy atom. The third kappa shape index (κ3) is 3.25. The van der Waals surface area contributed by atoms with Gasteiger partial charge in [-0.2, -0.15) is 4.31 Å². The van der Waals surface area contributed by atoms with Crippen LogP contribution < -0.4 is 4.90 Å². The minimum Gasteiger partial charge on any atom is -0.351 e. The molecule has 2 heterocycles. The zero-order chi connectivity index (χ0) is 17.2. The molecule has 1 aromatic carbocycles. The standard InChI is InChI=1S/C16H19FN4O2S/c1-2-24(22,23)21-10-8-20(9-11-21)16-14(17)15(18-12-19-16)13-6-4-3-5-7-13/h3-7,12H,2,8-11H2,1H3. The molecule has 3 rings (SSSR count). The second-order valence-corrected chi connectivity index (χ2v) is 7.77. The van der Waals surface area contributed by atoms with Gasteiger partial charge in [0.05, 0.1) is 5.75 Å². The third-order valence-corrected chi connectivity index (χ3v) is 6.00. The van der Waals surface area contributed by atoms with Crippen molar-refractivity contribution in [3.63, 3.8) is 0 Å². The highest BCUT2D eigenvalue weighted by molar-refractivity contribution is 7.89. The Morgan fingerprint density at radius 1 is 1.08 bits per heavy atom. The van der Waals surface area contributed by atoms with Crippen molar-refractivity contribution in [3.05, 3.63) is 42.5 Å². The lowest BCUT2D eigenvalue weighted by molar-refractivity contribution is 0.382. The molecule has 2 aromatic rings. The molecular formula is C16H19FN4O2S. The van der Waals surface area contributed by atoms with Gasteiger partial charge in [-0.15, -0.1) is 0 Å². The maximum absolute atomic E-state index is 14.8. The number of halogens is 1. The Kier molecular flexibility index (Phi) is 4.77. The van der Waals surface area contributed by atoms with Crippen LogP contribution in [0.3, 0.4) is 0 Å². The van der Waals surface area contributed by atoms with Crippen LogP contribution in [0.2, 0.25) is 0 Å². The van der Waals surface area contributed by atoms with Crippen molar-refractivity contribution < 1.29 is 12.8 Å². The van der Waals surface area contributed by atoms with E-state index in [9.17, 15) is 12.8 Å². The van der Waals surface area contributed by atoms with Crippen LogP contribution in [0.4, 0.5) is 10.2 Å². The first-order chi connectivity index (χ1) is 11.5. The van der Waals surface area contributed by atoms with Gasteiger partial charge in [0, 0.05) is 31.7 Å². The minimum atomic E-state index is -3.21. The van der Waals surface area contributed by atoms with Crippen molar-refractivity contribution in [2.75, 3.05) is 36.8 Å². The highest BCUT2D eigenvalue weighted by Crippen LogP contribution is 2.26. The van der Waals surface area contributed by atoms with Crippen molar-refractivity contribution in [1.29, 1.82) is 0 Å². The molecule has 24 heavy (non-hydrogen) atoms. The van der Waals surface area contributed by atoms with Crippen LogP contribution in [0.5, 0.6) is 0 Å². The molecule has 1 saturated heterocycles. The average molecular weight is 350 g/mol. The molecule has 0 unspecified atom stereocenters. The van der Waals surface area contributed by atoms with Crippen LogP contribution in [-0.4, -0.2) is 54.6 Å².